The van der Waals surface area contributed by atoms with E-state index in [-0.39, 0.29) is 22.9 Å². The molecule has 0 spiro atoms. The Bertz CT molecular complexity index is 1080. The second kappa shape index (κ2) is 5.49. The molecule has 0 amide bonds. The summed E-state index contributed by atoms with van der Waals surface area (Å²) < 4.78 is 5.77. The zero-order valence-electron chi connectivity index (χ0n) is 12.9. The molecule has 2 N–H and O–H groups in total. The molecule has 1 heterocycles. The van der Waals surface area contributed by atoms with Gasteiger partial charge in [-0.05, 0) is 35.2 Å². The van der Waals surface area contributed by atoms with Crippen LogP contribution in [0.5, 0.6) is 11.5 Å². The van der Waals surface area contributed by atoms with E-state index in [4.69, 9.17) is 9.84 Å². The molecule has 4 rings (SSSR count). The second-order valence-corrected chi connectivity index (χ2v) is 5.68. The van der Waals surface area contributed by atoms with E-state index in [9.17, 15) is 14.7 Å². The molecule has 3 aromatic rings. The van der Waals surface area contributed by atoms with E-state index in [0.717, 1.165) is 10.8 Å². The molecule has 5 heteroatoms. The predicted octanol–water partition coefficient (Wildman–Crippen LogP) is 3.86. The average Bonchev–Trinajstić information content (AvgIpc) is 2.93. The Hall–Kier alpha value is -3.60. The van der Waals surface area contributed by atoms with Gasteiger partial charge in [0.1, 0.15) is 17.1 Å². The zero-order chi connectivity index (χ0) is 17.6. The summed E-state index contributed by atoms with van der Waals surface area (Å²) in [7, 11) is 0. The molecule has 25 heavy (non-hydrogen) atoms. The summed E-state index contributed by atoms with van der Waals surface area (Å²) in [5.41, 5.74) is 0.695. The lowest BCUT2D eigenvalue weighted by molar-refractivity contribution is 0.0693. The Kier molecular flexibility index (Phi) is 3.28. The van der Waals surface area contributed by atoms with Crippen molar-refractivity contribution in [2.75, 3.05) is 0 Å². The van der Waals surface area contributed by atoms with Crippen molar-refractivity contribution >= 4 is 28.6 Å². The summed E-state index contributed by atoms with van der Waals surface area (Å²) in [4.78, 5) is 23.7. The number of hydrogen-bond acceptors (Lipinski definition) is 4. The fourth-order valence-electron chi connectivity index (χ4n) is 2.88. The minimum absolute atomic E-state index is 0.119. The van der Waals surface area contributed by atoms with Crippen molar-refractivity contribution in [2.24, 2.45) is 0 Å². The molecule has 1 aliphatic heterocycles. The van der Waals surface area contributed by atoms with E-state index in [1.807, 2.05) is 30.3 Å². The monoisotopic (exact) mass is 332 g/mol. The number of ether oxygens (including phenoxy) is 1. The third-order valence-corrected chi connectivity index (χ3v) is 4.11. The van der Waals surface area contributed by atoms with Crippen LogP contribution in [0.25, 0.3) is 16.8 Å². The lowest BCUT2D eigenvalue weighted by Gasteiger charge is -2.04. The number of allylic oxidation sites excluding steroid dienone is 1. The van der Waals surface area contributed by atoms with E-state index < -0.39 is 5.97 Å². The van der Waals surface area contributed by atoms with Crippen molar-refractivity contribution in [1.29, 1.82) is 0 Å². The first-order chi connectivity index (χ1) is 12.0. The summed E-state index contributed by atoms with van der Waals surface area (Å²) in [5.74, 6) is -1.21. The van der Waals surface area contributed by atoms with Gasteiger partial charge >= 0.3 is 5.97 Å². The van der Waals surface area contributed by atoms with Gasteiger partial charge < -0.3 is 14.9 Å². The number of aromatic hydroxyl groups is 1. The van der Waals surface area contributed by atoms with Gasteiger partial charge in [-0.15, -0.1) is 0 Å². The summed E-state index contributed by atoms with van der Waals surface area (Å²) in [6.45, 7) is 0. The Morgan fingerprint density at radius 2 is 1.84 bits per heavy atom. The maximum Gasteiger partial charge on any atom is 0.339 e. The van der Waals surface area contributed by atoms with Crippen LogP contribution in [0.2, 0.25) is 0 Å². The predicted molar refractivity (Wildman–Crippen MR) is 91.9 cm³/mol. The van der Waals surface area contributed by atoms with Crippen LogP contribution in [-0.2, 0) is 0 Å². The third kappa shape index (κ3) is 2.42. The largest absolute Gasteiger partial charge is 0.507 e. The summed E-state index contributed by atoms with van der Waals surface area (Å²) in [5, 5.41) is 20.5. The van der Waals surface area contributed by atoms with Crippen molar-refractivity contribution in [3.8, 4) is 11.5 Å². The second-order valence-electron chi connectivity index (χ2n) is 5.68. The van der Waals surface area contributed by atoms with Crippen molar-refractivity contribution < 1.29 is 24.5 Å². The highest BCUT2D eigenvalue weighted by Crippen LogP contribution is 2.38. The van der Waals surface area contributed by atoms with E-state index in [0.29, 0.717) is 16.9 Å². The van der Waals surface area contributed by atoms with E-state index in [2.05, 4.69) is 0 Å². The molecule has 0 radical (unpaired) electrons. The molecule has 5 nitrogen and oxygen atoms in total. The fourth-order valence-corrected chi connectivity index (χ4v) is 2.88. The van der Waals surface area contributed by atoms with E-state index in [1.165, 1.54) is 24.3 Å². The van der Waals surface area contributed by atoms with Crippen LogP contribution in [0.3, 0.4) is 0 Å². The summed E-state index contributed by atoms with van der Waals surface area (Å²) in [6.07, 6.45) is 1.48. The molecule has 0 saturated carbocycles. The van der Waals surface area contributed by atoms with Crippen LogP contribution < -0.4 is 4.74 Å². The fraction of sp³-hybridized carbons (Fsp3) is 0. The maximum absolute atomic E-state index is 12.6. The lowest BCUT2D eigenvalue weighted by Crippen LogP contribution is -2.00. The Morgan fingerprint density at radius 1 is 1.04 bits per heavy atom. The highest BCUT2D eigenvalue weighted by atomic mass is 16.5. The van der Waals surface area contributed by atoms with Gasteiger partial charge in [-0.2, -0.15) is 0 Å². The van der Waals surface area contributed by atoms with Gasteiger partial charge in [-0.1, -0.05) is 36.4 Å². The Labute approximate surface area is 142 Å². The number of fused-ring (bicyclic) bond motifs is 3. The smallest absolute Gasteiger partial charge is 0.339 e. The molecular weight excluding hydrogens is 320 g/mol. The standard InChI is InChI=1S/C20H12O5/c21-16-8-5-11(9-15(16)20(23)24)10-17-18(22)14-7-6-12-3-1-2-4-13(12)19(14)25-17/h1-10,21H,(H,23,24)/b17-10-. The van der Waals surface area contributed by atoms with Crippen molar-refractivity contribution in [1.82, 2.24) is 0 Å². The number of carboxylic acid groups (broad SMARTS) is 1. The molecule has 0 atom stereocenters. The molecule has 3 aromatic carbocycles. The number of rotatable bonds is 2. The van der Waals surface area contributed by atoms with Gasteiger partial charge in [-0.3, -0.25) is 4.79 Å². The van der Waals surface area contributed by atoms with Crippen LogP contribution in [-0.4, -0.2) is 22.0 Å². The summed E-state index contributed by atoms with van der Waals surface area (Å²) in [6, 6.07) is 15.3. The minimum Gasteiger partial charge on any atom is -0.507 e. The van der Waals surface area contributed by atoms with Crippen LogP contribution in [0.15, 0.2) is 60.4 Å². The quantitative estimate of drug-likeness (QED) is 0.696. The molecule has 0 aliphatic carbocycles. The first-order valence-corrected chi connectivity index (χ1v) is 7.57. The molecule has 0 saturated heterocycles. The number of Topliss-reactive ketones (excluding diaryl/α,β-unsaturated/α-hetero) is 1. The topological polar surface area (TPSA) is 83.8 Å². The SMILES string of the molecule is O=C(O)c1cc(/C=C2\Oc3c(ccc4ccccc34)C2=O)ccc1O. The van der Waals surface area contributed by atoms with Crippen molar-refractivity contribution in [2.45, 2.75) is 0 Å². The third-order valence-electron chi connectivity index (χ3n) is 4.11. The van der Waals surface area contributed by atoms with Gasteiger partial charge in [0.05, 0.1) is 5.56 Å². The summed E-state index contributed by atoms with van der Waals surface area (Å²) >= 11 is 0. The molecule has 0 aromatic heterocycles. The first kappa shape index (κ1) is 15.0. The first-order valence-electron chi connectivity index (χ1n) is 7.57. The molecule has 1 aliphatic rings. The van der Waals surface area contributed by atoms with Gasteiger partial charge in [0.25, 0.3) is 0 Å². The molecule has 0 fully saturated rings. The minimum atomic E-state index is -1.24. The van der Waals surface area contributed by atoms with Crippen LogP contribution in [0.1, 0.15) is 26.3 Å². The van der Waals surface area contributed by atoms with Gasteiger partial charge in [-0.25, -0.2) is 4.79 Å². The van der Waals surface area contributed by atoms with E-state index in [1.54, 1.807) is 6.07 Å². The molecule has 122 valence electrons. The Balaban J connectivity index is 1.79. The molecule has 0 unspecified atom stereocenters. The number of hydrogen-bond donors (Lipinski definition) is 2. The van der Waals surface area contributed by atoms with Crippen molar-refractivity contribution in [3.05, 3.63) is 77.0 Å². The van der Waals surface area contributed by atoms with Crippen LogP contribution in [0, 0.1) is 0 Å². The van der Waals surface area contributed by atoms with Crippen LogP contribution in [0.4, 0.5) is 0 Å². The zero-order valence-corrected chi connectivity index (χ0v) is 12.9. The highest BCUT2D eigenvalue weighted by Gasteiger charge is 2.29. The average molecular weight is 332 g/mol. The molecule has 0 bridgehead atoms. The van der Waals surface area contributed by atoms with Crippen LogP contribution >= 0.6 is 0 Å². The lowest BCUT2D eigenvalue weighted by atomic mass is 10.0. The van der Waals surface area contributed by atoms with Gasteiger partial charge in [0.2, 0.25) is 5.78 Å². The van der Waals surface area contributed by atoms with E-state index >= 15 is 0 Å². The number of aromatic carboxylic acids is 1. The number of phenols is 1. The highest BCUT2D eigenvalue weighted by molar-refractivity contribution is 6.17. The Morgan fingerprint density at radius 3 is 2.64 bits per heavy atom. The van der Waals surface area contributed by atoms with Gasteiger partial charge in [0.15, 0.2) is 5.76 Å². The molecular formula is C20H12O5. The van der Waals surface area contributed by atoms with Crippen molar-refractivity contribution in [3.63, 3.8) is 0 Å². The normalized spacial score (nSPS) is 14.6. The number of ketones is 1. The number of carbonyl (C=O) groups is 2. The maximum atomic E-state index is 12.6. The number of carbonyl (C=O) groups excluding carboxylic acids is 1. The number of carboxylic acids is 1. The number of benzene rings is 3. The van der Waals surface area contributed by atoms with Gasteiger partial charge in [0, 0.05) is 5.39 Å².